The molecular weight excluding hydrogens is 901 g/mol. The molecule has 0 aromatic carbocycles. The van der Waals surface area contributed by atoms with E-state index in [1.807, 2.05) is 0 Å². The Balaban J connectivity index is 4.26. The monoisotopic (exact) mass is 1030 g/mol. The molecule has 0 bridgehead atoms. The first-order valence-electron chi connectivity index (χ1n) is 33.2. The van der Waals surface area contributed by atoms with Crippen LogP contribution < -0.4 is 0 Å². The van der Waals surface area contributed by atoms with Gasteiger partial charge in [-0.05, 0) is 44.9 Å². The number of esters is 3. The van der Waals surface area contributed by atoms with Gasteiger partial charge in [0.15, 0.2) is 6.10 Å². The van der Waals surface area contributed by atoms with Crippen LogP contribution >= 0.6 is 0 Å². The fourth-order valence-corrected chi connectivity index (χ4v) is 10.3. The van der Waals surface area contributed by atoms with Crippen molar-refractivity contribution in [3.05, 3.63) is 12.2 Å². The van der Waals surface area contributed by atoms with E-state index in [9.17, 15) is 14.4 Å². The SMILES string of the molecule is CCCCCCC/C=C\CCCCCCCC(=O)OCC(COC(=O)CCCCCCCCCCCCCCCCCCCCCCCC)OC(=O)CCCCCCCCCCCCCCCCCCCCC. The molecular formula is C67H128O6. The van der Waals surface area contributed by atoms with E-state index in [1.165, 1.54) is 276 Å². The van der Waals surface area contributed by atoms with Crippen LogP contribution in [0.1, 0.15) is 380 Å². The molecule has 432 valence electrons. The maximum absolute atomic E-state index is 12.9. The Hall–Kier alpha value is -1.85. The topological polar surface area (TPSA) is 78.9 Å². The third-order valence-electron chi connectivity index (χ3n) is 15.3. The Bertz CT molecular complexity index is 1130. The van der Waals surface area contributed by atoms with Gasteiger partial charge in [-0.1, -0.05) is 328 Å². The summed E-state index contributed by atoms with van der Waals surface area (Å²) in [6.07, 6.45) is 73.7. The zero-order valence-corrected chi connectivity index (χ0v) is 49.7. The number of unbranched alkanes of at least 4 members (excludes halogenated alkanes) is 49. The highest BCUT2D eigenvalue weighted by Crippen LogP contribution is 2.18. The number of hydrogen-bond acceptors (Lipinski definition) is 6. The first-order valence-corrected chi connectivity index (χ1v) is 33.2. The van der Waals surface area contributed by atoms with Crippen LogP contribution in [0.15, 0.2) is 12.2 Å². The Kier molecular flexibility index (Phi) is 61.1. The molecule has 0 aromatic heterocycles. The van der Waals surface area contributed by atoms with E-state index in [4.69, 9.17) is 14.2 Å². The Morgan fingerprint density at radius 2 is 0.452 bits per heavy atom. The summed E-state index contributed by atoms with van der Waals surface area (Å²) in [5.74, 6) is -0.842. The van der Waals surface area contributed by atoms with E-state index >= 15 is 0 Å². The standard InChI is InChI=1S/C67H128O6/c1-4-7-10-13-16-19-22-25-28-30-32-33-34-36-37-39-42-45-48-51-54-57-60-66(69)72-63-64(62-71-65(68)59-56-53-50-47-44-41-27-24-21-18-15-12-9-6-3)73-67(70)61-58-55-52-49-46-43-40-38-35-31-29-26-23-20-17-14-11-8-5-2/h24,27,64H,4-23,25-26,28-63H2,1-3H3/b27-24-. The summed E-state index contributed by atoms with van der Waals surface area (Å²) in [4.78, 5) is 38.3. The fourth-order valence-electron chi connectivity index (χ4n) is 10.3. The molecule has 0 aromatic rings. The first-order chi connectivity index (χ1) is 36.0. The third-order valence-corrected chi connectivity index (χ3v) is 15.3. The normalized spacial score (nSPS) is 12.0. The maximum Gasteiger partial charge on any atom is 0.306 e. The van der Waals surface area contributed by atoms with E-state index in [2.05, 4.69) is 32.9 Å². The molecule has 0 aliphatic carbocycles. The predicted octanol–water partition coefficient (Wildman–Crippen LogP) is 22.4. The molecule has 73 heavy (non-hydrogen) atoms. The Labute approximate surface area is 456 Å². The number of rotatable bonds is 62. The van der Waals surface area contributed by atoms with Gasteiger partial charge in [0.05, 0.1) is 0 Å². The number of ether oxygens (including phenoxy) is 3. The lowest BCUT2D eigenvalue weighted by atomic mass is 10.0. The number of allylic oxidation sites excluding steroid dienone is 2. The Morgan fingerprint density at radius 3 is 0.685 bits per heavy atom. The average molecular weight is 1030 g/mol. The van der Waals surface area contributed by atoms with Gasteiger partial charge in [-0.25, -0.2) is 0 Å². The van der Waals surface area contributed by atoms with Crippen LogP contribution in [-0.4, -0.2) is 37.2 Å². The summed E-state index contributed by atoms with van der Waals surface area (Å²) >= 11 is 0. The molecule has 0 saturated carbocycles. The first kappa shape index (κ1) is 71.2. The van der Waals surface area contributed by atoms with E-state index < -0.39 is 6.10 Å². The van der Waals surface area contributed by atoms with Gasteiger partial charge in [-0.2, -0.15) is 0 Å². The molecule has 0 rings (SSSR count). The zero-order chi connectivity index (χ0) is 52.9. The van der Waals surface area contributed by atoms with Gasteiger partial charge in [-0.15, -0.1) is 0 Å². The Morgan fingerprint density at radius 1 is 0.260 bits per heavy atom. The summed E-state index contributed by atoms with van der Waals surface area (Å²) < 4.78 is 17.0. The van der Waals surface area contributed by atoms with Gasteiger partial charge in [0.25, 0.3) is 0 Å². The van der Waals surface area contributed by atoms with Gasteiger partial charge in [0.1, 0.15) is 13.2 Å². The molecule has 0 N–H and O–H groups in total. The average Bonchev–Trinajstić information content (AvgIpc) is 3.39. The van der Waals surface area contributed by atoms with Crippen molar-refractivity contribution < 1.29 is 28.6 Å². The van der Waals surface area contributed by atoms with Crippen molar-refractivity contribution >= 4 is 17.9 Å². The second kappa shape index (κ2) is 62.7. The molecule has 6 nitrogen and oxygen atoms in total. The minimum absolute atomic E-state index is 0.0658. The van der Waals surface area contributed by atoms with Gasteiger partial charge in [0, 0.05) is 19.3 Å². The molecule has 6 heteroatoms. The third kappa shape index (κ3) is 60.9. The van der Waals surface area contributed by atoms with Crippen molar-refractivity contribution in [3.63, 3.8) is 0 Å². The van der Waals surface area contributed by atoms with Crippen molar-refractivity contribution in [2.45, 2.75) is 386 Å². The van der Waals surface area contributed by atoms with E-state index in [-0.39, 0.29) is 31.1 Å². The summed E-state index contributed by atoms with van der Waals surface area (Å²) in [5.41, 5.74) is 0. The quantitative estimate of drug-likeness (QED) is 0.0261. The van der Waals surface area contributed by atoms with Crippen molar-refractivity contribution in [3.8, 4) is 0 Å². The number of carbonyl (C=O) groups excluding carboxylic acids is 3. The summed E-state index contributed by atoms with van der Waals surface area (Å²) in [6, 6.07) is 0. The van der Waals surface area contributed by atoms with Crippen LogP contribution in [0.3, 0.4) is 0 Å². The minimum Gasteiger partial charge on any atom is -0.462 e. The number of hydrogen-bond donors (Lipinski definition) is 0. The van der Waals surface area contributed by atoms with Crippen LogP contribution in [0.5, 0.6) is 0 Å². The molecule has 0 aliphatic rings. The van der Waals surface area contributed by atoms with Crippen LogP contribution in [0, 0.1) is 0 Å². The lowest BCUT2D eigenvalue weighted by Gasteiger charge is -2.18. The molecule has 0 heterocycles. The molecule has 0 radical (unpaired) electrons. The summed E-state index contributed by atoms with van der Waals surface area (Å²) in [7, 11) is 0. The van der Waals surface area contributed by atoms with E-state index in [0.717, 1.165) is 64.2 Å². The van der Waals surface area contributed by atoms with Gasteiger partial charge in [-0.3, -0.25) is 14.4 Å². The van der Waals surface area contributed by atoms with Crippen molar-refractivity contribution in [1.82, 2.24) is 0 Å². The summed E-state index contributed by atoms with van der Waals surface area (Å²) in [5, 5.41) is 0. The maximum atomic E-state index is 12.9. The molecule has 0 fully saturated rings. The molecule has 0 saturated heterocycles. The lowest BCUT2D eigenvalue weighted by Crippen LogP contribution is -2.30. The predicted molar refractivity (Wildman–Crippen MR) is 317 cm³/mol. The largest absolute Gasteiger partial charge is 0.462 e. The fraction of sp³-hybridized carbons (Fsp3) is 0.925. The molecule has 0 spiro atoms. The van der Waals surface area contributed by atoms with Crippen molar-refractivity contribution in [1.29, 1.82) is 0 Å². The van der Waals surface area contributed by atoms with Crippen LogP contribution in [-0.2, 0) is 28.6 Å². The molecule has 1 atom stereocenters. The van der Waals surface area contributed by atoms with E-state index in [1.54, 1.807) is 0 Å². The molecule has 0 aliphatic heterocycles. The van der Waals surface area contributed by atoms with Gasteiger partial charge >= 0.3 is 17.9 Å². The van der Waals surface area contributed by atoms with E-state index in [0.29, 0.717) is 19.3 Å². The van der Waals surface area contributed by atoms with Gasteiger partial charge < -0.3 is 14.2 Å². The second-order valence-corrected chi connectivity index (χ2v) is 22.7. The lowest BCUT2D eigenvalue weighted by molar-refractivity contribution is -0.167. The zero-order valence-electron chi connectivity index (χ0n) is 49.7. The highest BCUT2D eigenvalue weighted by molar-refractivity contribution is 5.71. The van der Waals surface area contributed by atoms with Crippen molar-refractivity contribution in [2.75, 3.05) is 13.2 Å². The smallest absolute Gasteiger partial charge is 0.306 e. The van der Waals surface area contributed by atoms with Crippen molar-refractivity contribution in [2.24, 2.45) is 0 Å². The van der Waals surface area contributed by atoms with Crippen LogP contribution in [0.25, 0.3) is 0 Å². The van der Waals surface area contributed by atoms with Crippen LogP contribution in [0.4, 0.5) is 0 Å². The molecule has 1 unspecified atom stereocenters. The number of carbonyl (C=O) groups is 3. The van der Waals surface area contributed by atoms with Crippen LogP contribution in [0.2, 0.25) is 0 Å². The summed E-state index contributed by atoms with van der Waals surface area (Å²) in [6.45, 7) is 6.71. The van der Waals surface area contributed by atoms with Gasteiger partial charge in [0.2, 0.25) is 0 Å². The molecule has 0 amide bonds. The minimum atomic E-state index is -0.769. The highest BCUT2D eigenvalue weighted by Gasteiger charge is 2.19. The highest BCUT2D eigenvalue weighted by atomic mass is 16.6. The second-order valence-electron chi connectivity index (χ2n) is 22.7.